The summed E-state index contributed by atoms with van der Waals surface area (Å²) < 4.78 is 5.40. The third-order valence-corrected chi connectivity index (χ3v) is 3.58. The number of amides is 1. The summed E-state index contributed by atoms with van der Waals surface area (Å²) in [6, 6.07) is 8.11. The fourth-order valence-corrected chi connectivity index (χ4v) is 2.59. The van der Waals surface area contributed by atoms with Crippen molar-refractivity contribution in [1.82, 2.24) is 5.32 Å². The lowest BCUT2D eigenvalue weighted by Crippen LogP contribution is -2.41. The largest absolute Gasteiger partial charge is 0.380 e. The van der Waals surface area contributed by atoms with Crippen molar-refractivity contribution in [2.45, 2.75) is 38.3 Å². The van der Waals surface area contributed by atoms with Gasteiger partial charge in [0.15, 0.2) is 0 Å². The Balaban J connectivity index is 1.78. The predicted molar refractivity (Wildman–Crippen MR) is 76.2 cm³/mol. The van der Waals surface area contributed by atoms with Crippen molar-refractivity contribution < 1.29 is 9.53 Å². The summed E-state index contributed by atoms with van der Waals surface area (Å²) >= 11 is 0. The predicted octanol–water partition coefficient (Wildman–Crippen LogP) is 2.09. The van der Waals surface area contributed by atoms with Gasteiger partial charge in [-0.3, -0.25) is 4.79 Å². The van der Waals surface area contributed by atoms with Gasteiger partial charge in [-0.25, -0.2) is 0 Å². The highest BCUT2D eigenvalue weighted by Crippen LogP contribution is 2.21. The van der Waals surface area contributed by atoms with Crippen LogP contribution >= 0.6 is 0 Å². The first-order valence-electron chi connectivity index (χ1n) is 6.82. The van der Waals surface area contributed by atoms with E-state index in [-0.39, 0.29) is 12.0 Å². The first-order chi connectivity index (χ1) is 9.19. The molecule has 0 aliphatic heterocycles. The molecular weight excluding hydrogens is 240 g/mol. The maximum Gasteiger partial charge on any atom is 0.238 e. The number of nitrogens with one attached hydrogen (secondary N) is 2. The van der Waals surface area contributed by atoms with E-state index in [0.29, 0.717) is 12.6 Å². The molecule has 1 amide bonds. The van der Waals surface area contributed by atoms with Gasteiger partial charge in [0.2, 0.25) is 5.91 Å². The van der Waals surface area contributed by atoms with Crippen LogP contribution in [0.3, 0.4) is 0 Å². The summed E-state index contributed by atoms with van der Waals surface area (Å²) in [6.45, 7) is 2.34. The van der Waals surface area contributed by atoms with Crippen LogP contribution in [-0.4, -0.2) is 31.7 Å². The number of rotatable bonds is 5. The van der Waals surface area contributed by atoms with Gasteiger partial charge in [-0.15, -0.1) is 0 Å². The smallest absolute Gasteiger partial charge is 0.238 e. The van der Waals surface area contributed by atoms with Crippen LogP contribution < -0.4 is 10.6 Å². The molecule has 4 nitrogen and oxygen atoms in total. The molecule has 0 radical (unpaired) electrons. The molecule has 0 bridgehead atoms. The van der Waals surface area contributed by atoms with Crippen LogP contribution in [0, 0.1) is 6.92 Å². The van der Waals surface area contributed by atoms with Crippen LogP contribution in [0.5, 0.6) is 0 Å². The van der Waals surface area contributed by atoms with Crippen LogP contribution in [-0.2, 0) is 9.53 Å². The van der Waals surface area contributed by atoms with Crippen LogP contribution in [0.2, 0.25) is 0 Å². The van der Waals surface area contributed by atoms with E-state index in [1.165, 1.54) is 0 Å². The van der Waals surface area contributed by atoms with E-state index in [1.807, 2.05) is 31.2 Å². The second-order valence-corrected chi connectivity index (χ2v) is 5.11. The fraction of sp³-hybridized carbons (Fsp3) is 0.533. The molecule has 0 heterocycles. The molecule has 1 aromatic carbocycles. The first kappa shape index (κ1) is 14.0. The number of anilines is 1. The second-order valence-electron chi connectivity index (χ2n) is 5.11. The van der Waals surface area contributed by atoms with Crippen LogP contribution in [0.15, 0.2) is 24.3 Å². The van der Waals surface area contributed by atoms with Gasteiger partial charge in [0.25, 0.3) is 0 Å². The third kappa shape index (κ3) is 4.04. The Morgan fingerprint density at radius 2 is 2.26 bits per heavy atom. The summed E-state index contributed by atoms with van der Waals surface area (Å²) in [4.78, 5) is 11.9. The Labute approximate surface area is 114 Å². The summed E-state index contributed by atoms with van der Waals surface area (Å²) in [6.07, 6.45) is 3.56. The van der Waals surface area contributed by atoms with E-state index in [0.717, 1.165) is 30.5 Å². The zero-order valence-corrected chi connectivity index (χ0v) is 11.6. The highest BCUT2D eigenvalue weighted by molar-refractivity contribution is 5.92. The minimum absolute atomic E-state index is 0.00708. The molecule has 2 unspecified atom stereocenters. The molecule has 1 aliphatic rings. The Hall–Kier alpha value is -1.39. The van der Waals surface area contributed by atoms with E-state index >= 15 is 0 Å². The lowest BCUT2D eigenvalue weighted by molar-refractivity contribution is -0.115. The summed E-state index contributed by atoms with van der Waals surface area (Å²) in [5.41, 5.74) is 1.99. The number of hydrogen-bond acceptors (Lipinski definition) is 3. The summed E-state index contributed by atoms with van der Waals surface area (Å²) in [7, 11) is 1.73. The zero-order chi connectivity index (χ0) is 13.7. The van der Waals surface area contributed by atoms with Crippen molar-refractivity contribution in [3.8, 4) is 0 Å². The third-order valence-electron chi connectivity index (χ3n) is 3.58. The normalized spacial score (nSPS) is 22.4. The highest BCUT2D eigenvalue weighted by Gasteiger charge is 2.26. The molecule has 0 spiro atoms. The average molecular weight is 262 g/mol. The van der Waals surface area contributed by atoms with Gasteiger partial charge in [-0.05, 0) is 43.9 Å². The van der Waals surface area contributed by atoms with Gasteiger partial charge in [-0.2, -0.15) is 0 Å². The number of methoxy groups -OCH3 is 1. The van der Waals surface area contributed by atoms with Crippen molar-refractivity contribution in [3.63, 3.8) is 0 Å². The number of carbonyl (C=O) groups is 1. The van der Waals surface area contributed by atoms with Gasteiger partial charge in [0.05, 0.1) is 12.6 Å². The SMILES string of the molecule is COC1CCCC1NCC(=O)Nc1cccc(C)c1. The van der Waals surface area contributed by atoms with Gasteiger partial charge in [0, 0.05) is 18.8 Å². The van der Waals surface area contributed by atoms with Crippen molar-refractivity contribution in [1.29, 1.82) is 0 Å². The molecule has 0 saturated heterocycles. The molecule has 104 valence electrons. The van der Waals surface area contributed by atoms with Crippen molar-refractivity contribution in [3.05, 3.63) is 29.8 Å². The fourth-order valence-electron chi connectivity index (χ4n) is 2.59. The van der Waals surface area contributed by atoms with Crippen LogP contribution in [0.4, 0.5) is 5.69 Å². The number of hydrogen-bond donors (Lipinski definition) is 2. The average Bonchev–Trinajstić information content (AvgIpc) is 2.83. The van der Waals surface area contributed by atoms with Gasteiger partial charge in [0.1, 0.15) is 0 Å². The zero-order valence-electron chi connectivity index (χ0n) is 11.6. The van der Waals surface area contributed by atoms with E-state index in [2.05, 4.69) is 10.6 Å². The maximum atomic E-state index is 11.9. The molecule has 2 atom stereocenters. The molecule has 2 rings (SSSR count). The molecule has 0 aromatic heterocycles. The van der Waals surface area contributed by atoms with Gasteiger partial charge < -0.3 is 15.4 Å². The Bertz CT molecular complexity index is 434. The second kappa shape index (κ2) is 6.68. The Morgan fingerprint density at radius 1 is 1.42 bits per heavy atom. The Kier molecular flexibility index (Phi) is 4.93. The number of benzene rings is 1. The number of aryl methyl sites for hydroxylation is 1. The minimum atomic E-state index is -0.00708. The first-order valence-corrected chi connectivity index (χ1v) is 6.82. The quantitative estimate of drug-likeness (QED) is 0.854. The lowest BCUT2D eigenvalue weighted by Gasteiger charge is -2.19. The molecular formula is C15H22N2O2. The molecule has 2 N–H and O–H groups in total. The van der Waals surface area contributed by atoms with Gasteiger partial charge in [-0.1, -0.05) is 12.1 Å². The van der Waals surface area contributed by atoms with E-state index in [1.54, 1.807) is 7.11 Å². The summed E-state index contributed by atoms with van der Waals surface area (Å²) in [5, 5.41) is 6.18. The van der Waals surface area contributed by atoms with Crippen LogP contribution in [0.1, 0.15) is 24.8 Å². The van der Waals surface area contributed by atoms with E-state index in [9.17, 15) is 4.79 Å². The monoisotopic (exact) mass is 262 g/mol. The number of ether oxygens (including phenoxy) is 1. The molecule has 1 fully saturated rings. The molecule has 19 heavy (non-hydrogen) atoms. The van der Waals surface area contributed by atoms with E-state index < -0.39 is 0 Å². The summed E-state index contributed by atoms with van der Waals surface area (Å²) in [5.74, 6) is -0.00708. The molecule has 1 aromatic rings. The topological polar surface area (TPSA) is 50.4 Å². The molecule has 1 aliphatic carbocycles. The molecule has 4 heteroatoms. The standard InChI is InChI=1S/C15H22N2O2/c1-11-5-3-6-12(9-11)17-15(18)10-16-13-7-4-8-14(13)19-2/h3,5-6,9,13-14,16H,4,7-8,10H2,1-2H3,(H,17,18). The van der Waals surface area contributed by atoms with Crippen LogP contribution in [0.25, 0.3) is 0 Å². The number of carbonyl (C=O) groups excluding carboxylic acids is 1. The Morgan fingerprint density at radius 3 is 3.00 bits per heavy atom. The minimum Gasteiger partial charge on any atom is -0.380 e. The van der Waals surface area contributed by atoms with Crippen molar-refractivity contribution >= 4 is 11.6 Å². The van der Waals surface area contributed by atoms with Crippen molar-refractivity contribution in [2.24, 2.45) is 0 Å². The highest BCUT2D eigenvalue weighted by atomic mass is 16.5. The van der Waals surface area contributed by atoms with Crippen molar-refractivity contribution in [2.75, 3.05) is 19.0 Å². The lowest BCUT2D eigenvalue weighted by atomic mass is 10.2. The molecule has 1 saturated carbocycles. The maximum absolute atomic E-state index is 11.9. The van der Waals surface area contributed by atoms with E-state index in [4.69, 9.17) is 4.74 Å². The van der Waals surface area contributed by atoms with Gasteiger partial charge >= 0.3 is 0 Å².